The molecule has 0 radical (unpaired) electrons. The van der Waals surface area contributed by atoms with Crippen molar-refractivity contribution in [1.82, 2.24) is 20.0 Å². The Morgan fingerprint density at radius 2 is 2.17 bits per heavy atom. The minimum absolute atomic E-state index is 0.00627. The molecule has 0 aromatic carbocycles. The highest BCUT2D eigenvalue weighted by Gasteiger charge is 2.32. The summed E-state index contributed by atoms with van der Waals surface area (Å²) in [7, 11) is 1.83. The fourth-order valence-electron chi connectivity index (χ4n) is 3.27. The Labute approximate surface area is 141 Å². The molecule has 0 unspecified atom stereocenters. The Bertz CT molecular complexity index is 736. The molecule has 0 bridgehead atoms. The molecule has 0 spiro atoms. The number of aromatic nitrogens is 3. The van der Waals surface area contributed by atoms with Crippen LogP contribution in [0, 0.1) is 20.8 Å². The van der Waals surface area contributed by atoms with E-state index in [1.807, 2.05) is 38.8 Å². The number of carbonyl (C=O) groups excluding carboxylic acids is 1. The number of likely N-dealkylation sites (tertiary alicyclic amines) is 1. The number of anilines is 1. The van der Waals surface area contributed by atoms with Gasteiger partial charge in [-0.1, -0.05) is 5.16 Å². The lowest BCUT2D eigenvalue weighted by atomic mass is 10.1. The summed E-state index contributed by atoms with van der Waals surface area (Å²) in [5, 5.41) is 6.98. The predicted molar refractivity (Wildman–Crippen MR) is 89.7 cm³/mol. The highest BCUT2D eigenvalue weighted by atomic mass is 16.5. The van der Waals surface area contributed by atoms with E-state index in [4.69, 9.17) is 4.52 Å². The largest absolute Gasteiger partial charge is 0.373 e. The van der Waals surface area contributed by atoms with E-state index in [2.05, 4.69) is 20.4 Å². The van der Waals surface area contributed by atoms with E-state index in [1.165, 1.54) is 0 Å². The molecule has 1 saturated heterocycles. The minimum atomic E-state index is 0.00627. The van der Waals surface area contributed by atoms with Crippen molar-refractivity contribution in [2.75, 3.05) is 18.9 Å². The zero-order valence-electron chi connectivity index (χ0n) is 14.6. The van der Waals surface area contributed by atoms with Gasteiger partial charge in [-0.2, -0.15) is 0 Å². The van der Waals surface area contributed by atoms with Crippen molar-refractivity contribution in [2.24, 2.45) is 0 Å². The summed E-state index contributed by atoms with van der Waals surface area (Å²) < 4.78 is 5.17. The van der Waals surface area contributed by atoms with E-state index in [1.54, 1.807) is 0 Å². The Kier molecular flexibility index (Phi) is 4.51. The van der Waals surface area contributed by atoms with Gasteiger partial charge < -0.3 is 14.7 Å². The predicted octanol–water partition coefficient (Wildman–Crippen LogP) is 2.34. The van der Waals surface area contributed by atoms with Crippen molar-refractivity contribution < 1.29 is 9.32 Å². The van der Waals surface area contributed by atoms with Gasteiger partial charge in [-0.3, -0.25) is 4.79 Å². The molecule has 2 aromatic heterocycles. The molecular weight excluding hydrogens is 306 g/mol. The summed E-state index contributed by atoms with van der Waals surface area (Å²) in [5.74, 6) is 2.30. The third-order valence-electron chi connectivity index (χ3n) is 4.54. The Morgan fingerprint density at radius 3 is 2.83 bits per heavy atom. The van der Waals surface area contributed by atoms with Crippen LogP contribution in [0.15, 0.2) is 10.6 Å². The van der Waals surface area contributed by atoms with Gasteiger partial charge in [-0.05, 0) is 33.6 Å². The summed E-state index contributed by atoms with van der Waals surface area (Å²) in [6.45, 7) is 6.34. The summed E-state index contributed by atoms with van der Waals surface area (Å²) in [6.07, 6.45) is 2.23. The van der Waals surface area contributed by atoms with Crippen LogP contribution in [0.1, 0.15) is 47.4 Å². The van der Waals surface area contributed by atoms with Crippen LogP contribution in [0.3, 0.4) is 0 Å². The molecule has 1 fully saturated rings. The second kappa shape index (κ2) is 6.59. The molecular formula is C17H23N5O2. The first-order valence-corrected chi connectivity index (χ1v) is 8.24. The highest BCUT2D eigenvalue weighted by molar-refractivity contribution is 5.80. The summed E-state index contributed by atoms with van der Waals surface area (Å²) in [4.78, 5) is 23.6. The fourth-order valence-corrected chi connectivity index (χ4v) is 3.27. The van der Waals surface area contributed by atoms with Gasteiger partial charge in [0.2, 0.25) is 5.91 Å². The average Bonchev–Trinajstić information content (AvgIpc) is 3.16. The molecule has 1 atom stereocenters. The molecule has 3 rings (SSSR count). The van der Waals surface area contributed by atoms with E-state index in [0.29, 0.717) is 18.0 Å². The van der Waals surface area contributed by atoms with E-state index in [-0.39, 0.29) is 11.9 Å². The first kappa shape index (κ1) is 16.4. The molecule has 0 saturated carbocycles. The number of nitrogens with one attached hydrogen (secondary N) is 1. The number of nitrogens with zero attached hydrogens (tertiary/aromatic N) is 4. The number of amides is 1. The lowest BCUT2D eigenvalue weighted by Crippen LogP contribution is -2.32. The van der Waals surface area contributed by atoms with Gasteiger partial charge in [0.15, 0.2) is 0 Å². The van der Waals surface area contributed by atoms with Crippen LogP contribution < -0.4 is 5.32 Å². The molecule has 7 nitrogen and oxygen atoms in total. The lowest BCUT2D eigenvalue weighted by molar-refractivity contribution is -0.131. The monoisotopic (exact) mass is 329 g/mol. The van der Waals surface area contributed by atoms with Crippen molar-refractivity contribution in [1.29, 1.82) is 0 Å². The van der Waals surface area contributed by atoms with E-state index in [0.717, 1.165) is 42.2 Å². The Balaban J connectivity index is 1.83. The molecule has 24 heavy (non-hydrogen) atoms. The summed E-state index contributed by atoms with van der Waals surface area (Å²) in [6, 6.07) is 1.94. The molecule has 1 aliphatic rings. The quantitative estimate of drug-likeness (QED) is 0.927. The fraction of sp³-hybridized carbons (Fsp3) is 0.529. The van der Waals surface area contributed by atoms with Crippen LogP contribution in [-0.2, 0) is 11.2 Å². The van der Waals surface area contributed by atoms with Gasteiger partial charge in [0.25, 0.3) is 0 Å². The SMILES string of the molecule is CNc1cc([C@@H]2CCCN2C(=O)Cc2c(C)noc2C)nc(C)n1. The smallest absolute Gasteiger partial charge is 0.227 e. The standard InChI is InChI=1S/C17H23N5O2/c1-10-13(11(2)24-21-10)8-17(23)22-7-5-6-15(22)14-9-16(18-4)20-12(3)19-14/h9,15H,5-8H2,1-4H3,(H,18,19,20)/t15-/m0/s1. The van der Waals surface area contributed by atoms with E-state index in [9.17, 15) is 4.79 Å². The second-order valence-electron chi connectivity index (χ2n) is 6.20. The van der Waals surface area contributed by atoms with Crippen LogP contribution in [-0.4, -0.2) is 39.5 Å². The first-order valence-electron chi connectivity index (χ1n) is 8.24. The topological polar surface area (TPSA) is 84.2 Å². The van der Waals surface area contributed by atoms with Crippen molar-refractivity contribution in [3.05, 3.63) is 34.6 Å². The summed E-state index contributed by atoms with van der Waals surface area (Å²) >= 11 is 0. The zero-order chi connectivity index (χ0) is 17.3. The van der Waals surface area contributed by atoms with Crippen molar-refractivity contribution >= 4 is 11.7 Å². The second-order valence-corrected chi connectivity index (χ2v) is 6.20. The number of hydrogen-bond donors (Lipinski definition) is 1. The van der Waals surface area contributed by atoms with E-state index >= 15 is 0 Å². The maximum Gasteiger partial charge on any atom is 0.227 e. The van der Waals surface area contributed by atoms with Crippen LogP contribution in [0.5, 0.6) is 0 Å². The molecule has 7 heteroatoms. The Hall–Kier alpha value is -2.44. The van der Waals surface area contributed by atoms with Gasteiger partial charge in [-0.25, -0.2) is 9.97 Å². The minimum Gasteiger partial charge on any atom is -0.373 e. The molecule has 1 aliphatic heterocycles. The van der Waals surface area contributed by atoms with Crippen LogP contribution in [0.4, 0.5) is 5.82 Å². The molecule has 128 valence electrons. The number of rotatable bonds is 4. The zero-order valence-corrected chi connectivity index (χ0v) is 14.6. The van der Waals surface area contributed by atoms with Gasteiger partial charge in [-0.15, -0.1) is 0 Å². The number of aryl methyl sites for hydroxylation is 3. The van der Waals surface area contributed by atoms with Gasteiger partial charge in [0.1, 0.15) is 17.4 Å². The molecule has 2 aromatic rings. The molecule has 1 amide bonds. The third kappa shape index (κ3) is 3.11. The summed E-state index contributed by atoms with van der Waals surface area (Å²) in [5.41, 5.74) is 2.57. The molecule has 1 N–H and O–H groups in total. The lowest BCUT2D eigenvalue weighted by Gasteiger charge is -2.25. The molecule has 3 heterocycles. The normalized spacial score (nSPS) is 17.3. The van der Waals surface area contributed by atoms with Crippen molar-refractivity contribution in [3.8, 4) is 0 Å². The maximum absolute atomic E-state index is 12.8. The average molecular weight is 329 g/mol. The Morgan fingerprint density at radius 1 is 1.38 bits per heavy atom. The van der Waals surface area contributed by atoms with Gasteiger partial charge in [0, 0.05) is 25.2 Å². The van der Waals surface area contributed by atoms with Gasteiger partial charge >= 0.3 is 0 Å². The van der Waals surface area contributed by atoms with Crippen LogP contribution in [0.2, 0.25) is 0 Å². The van der Waals surface area contributed by atoms with Crippen molar-refractivity contribution in [2.45, 2.75) is 46.1 Å². The third-order valence-corrected chi connectivity index (χ3v) is 4.54. The number of hydrogen-bond acceptors (Lipinski definition) is 6. The maximum atomic E-state index is 12.8. The van der Waals surface area contributed by atoms with Crippen molar-refractivity contribution in [3.63, 3.8) is 0 Å². The first-order chi connectivity index (χ1) is 11.5. The van der Waals surface area contributed by atoms with Gasteiger partial charge in [0.05, 0.1) is 23.9 Å². The number of carbonyl (C=O) groups is 1. The van der Waals surface area contributed by atoms with Crippen LogP contribution in [0.25, 0.3) is 0 Å². The molecule has 0 aliphatic carbocycles. The van der Waals surface area contributed by atoms with Crippen LogP contribution >= 0.6 is 0 Å². The van der Waals surface area contributed by atoms with E-state index < -0.39 is 0 Å². The highest BCUT2D eigenvalue weighted by Crippen LogP contribution is 2.32.